The Morgan fingerprint density at radius 2 is 2.33 bits per heavy atom. The van der Waals surface area contributed by atoms with E-state index in [1.165, 1.54) is 0 Å². The summed E-state index contributed by atoms with van der Waals surface area (Å²) in [5.41, 5.74) is 5.64. The van der Waals surface area contributed by atoms with Gasteiger partial charge in [-0.05, 0) is 13.0 Å². The number of aromatic nitrogens is 1. The van der Waals surface area contributed by atoms with Crippen LogP contribution in [0.25, 0.3) is 0 Å². The summed E-state index contributed by atoms with van der Waals surface area (Å²) in [5.74, 6) is -0.382. The lowest BCUT2D eigenvalue weighted by molar-refractivity contribution is -0.693. The largest absolute Gasteiger partial charge is 1.00 e. The summed E-state index contributed by atoms with van der Waals surface area (Å²) in [7, 11) is 0. The highest BCUT2D eigenvalue weighted by Gasteiger charge is 2.03. The number of nitrogens with two attached hydrogens (primary N) is 1. The number of aryl methyl sites for hydroxylation is 1. The van der Waals surface area contributed by atoms with Crippen LogP contribution in [0.4, 0.5) is 0 Å². The molecule has 0 aromatic carbocycles. The van der Waals surface area contributed by atoms with E-state index in [0.717, 1.165) is 6.54 Å². The van der Waals surface area contributed by atoms with E-state index in [-0.39, 0.29) is 29.9 Å². The maximum atomic E-state index is 10.7. The standard InChI is InChI=1S/C8H10N2O.HI/c1-2-10-5-3-4-7(6-10)8(9)11;/h3-6H,2H2,1H3,(H-,9,11);1H. The second-order valence-corrected chi connectivity index (χ2v) is 2.29. The SMILES string of the molecule is CC[n+]1cccc(C(N)=O)c1.[I-]. The zero-order chi connectivity index (χ0) is 8.27. The fourth-order valence-electron chi connectivity index (χ4n) is 0.864. The van der Waals surface area contributed by atoms with Crippen LogP contribution < -0.4 is 34.3 Å². The van der Waals surface area contributed by atoms with Crippen LogP contribution in [0.3, 0.4) is 0 Å². The first-order valence-electron chi connectivity index (χ1n) is 3.53. The first kappa shape index (κ1) is 11.4. The molecule has 3 nitrogen and oxygen atoms in total. The molecule has 0 spiro atoms. The lowest BCUT2D eigenvalue weighted by atomic mass is 10.3. The van der Waals surface area contributed by atoms with Crippen molar-refractivity contribution in [3.63, 3.8) is 0 Å². The lowest BCUT2D eigenvalue weighted by Crippen LogP contribution is -3.00. The number of rotatable bonds is 2. The smallest absolute Gasteiger partial charge is 0.254 e. The minimum absolute atomic E-state index is 0. The van der Waals surface area contributed by atoms with Crippen LogP contribution in [-0.4, -0.2) is 5.91 Å². The fraction of sp³-hybridized carbons (Fsp3) is 0.250. The van der Waals surface area contributed by atoms with Gasteiger partial charge in [-0.3, -0.25) is 4.79 Å². The molecule has 1 amide bonds. The maximum Gasteiger partial charge on any atom is 0.254 e. The van der Waals surface area contributed by atoms with E-state index in [0.29, 0.717) is 5.56 Å². The van der Waals surface area contributed by atoms with E-state index in [9.17, 15) is 4.79 Å². The maximum absolute atomic E-state index is 10.7. The zero-order valence-corrected chi connectivity index (χ0v) is 8.98. The second kappa shape index (κ2) is 5.08. The van der Waals surface area contributed by atoms with Crippen molar-refractivity contribution in [3.8, 4) is 0 Å². The Morgan fingerprint density at radius 1 is 1.67 bits per heavy atom. The zero-order valence-electron chi connectivity index (χ0n) is 6.83. The molecule has 0 saturated carbocycles. The summed E-state index contributed by atoms with van der Waals surface area (Å²) in [6.07, 6.45) is 3.63. The quantitative estimate of drug-likeness (QED) is 0.458. The number of hydrogen-bond donors (Lipinski definition) is 1. The summed E-state index contributed by atoms with van der Waals surface area (Å²) in [4.78, 5) is 10.7. The molecule has 0 radical (unpaired) electrons. The van der Waals surface area contributed by atoms with Crippen molar-refractivity contribution in [1.29, 1.82) is 0 Å². The van der Waals surface area contributed by atoms with Gasteiger partial charge >= 0.3 is 0 Å². The predicted molar refractivity (Wildman–Crippen MR) is 40.8 cm³/mol. The molecule has 12 heavy (non-hydrogen) atoms. The van der Waals surface area contributed by atoms with Crippen molar-refractivity contribution >= 4 is 5.91 Å². The number of primary amides is 1. The topological polar surface area (TPSA) is 47.0 Å². The predicted octanol–water partition coefficient (Wildman–Crippen LogP) is -2.90. The van der Waals surface area contributed by atoms with Crippen LogP contribution in [0, 0.1) is 0 Å². The Labute approximate surface area is 88.6 Å². The van der Waals surface area contributed by atoms with Gasteiger partial charge in [0.1, 0.15) is 12.1 Å². The van der Waals surface area contributed by atoms with Crippen LogP contribution >= 0.6 is 0 Å². The number of nitrogens with zero attached hydrogens (tertiary/aromatic N) is 1. The Morgan fingerprint density at radius 3 is 2.83 bits per heavy atom. The molecule has 1 heterocycles. The van der Waals surface area contributed by atoms with Crippen LogP contribution in [-0.2, 0) is 6.54 Å². The molecule has 66 valence electrons. The van der Waals surface area contributed by atoms with Crippen molar-refractivity contribution < 1.29 is 33.3 Å². The molecule has 0 fully saturated rings. The van der Waals surface area contributed by atoms with Crippen molar-refractivity contribution in [2.75, 3.05) is 0 Å². The van der Waals surface area contributed by atoms with E-state index in [4.69, 9.17) is 5.73 Å². The van der Waals surface area contributed by atoms with Gasteiger partial charge < -0.3 is 29.7 Å². The van der Waals surface area contributed by atoms with Crippen LogP contribution in [0.5, 0.6) is 0 Å². The molecule has 0 aliphatic carbocycles. The number of carbonyl (C=O) groups excluding carboxylic acids is 1. The molecular weight excluding hydrogens is 267 g/mol. The van der Waals surface area contributed by atoms with Gasteiger partial charge in [0.15, 0.2) is 12.4 Å². The van der Waals surface area contributed by atoms with Gasteiger partial charge in [-0.15, -0.1) is 0 Å². The first-order chi connectivity index (χ1) is 5.24. The van der Waals surface area contributed by atoms with E-state index < -0.39 is 0 Å². The lowest BCUT2D eigenvalue weighted by Gasteiger charge is -1.93. The molecule has 0 atom stereocenters. The first-order valence-corrected chi connectivity index (χ1v) is 3.53. The molecule has 0 unspecified atom stereocenters. The second-order valence-electron chi connectivity index (χ2n) is 2.29. The Hall–Kier alpha value is -0.650. The Balaban J connectivity index is 0.00000121. The Bertz CT molecular complexity index is 276. The van der Waals surface area contributed by atoms with Crippen molar-refractivity contribution in [3.05, 3.63) is 30.1 Å². The van der Waals surface area contributed by atoms with E-state index in [2.05, 4.69) is 0 Å². The average molecular weight is 278 g/mol. The molecule has 4 heteroatoms. The fourth-order valence-corrected chi connectivity index (χ4v) is 0.864. The van der Waals surface area contributed by atoms with E-state index >= 15 is 0 Å². The average Bonchev–Trinajstić information content (AvgIpc) is 2.05. The highest BCUT2D eigenvalue weighted by Crippen LogP contribution is 1.91. The van der Waals surface area contributed by atoms with Crippen molar-refractivity contribution in [2.24, 2.45) is 5.73 Å². The molecule has 1 aromatic rings. The third-order valence-corrected chi connectivity index (χ3v) is 1.51. The van der Waals surface area contributed by atoms with Gasteiger partial charge in [-0.1, -0.05) is 0 Å². The Kier molecular flexibility index (Phi) is 4.80. The molecule has 1 rings (SSSR count). The number of hydrogen-bond acceptors (Lipinski definition) is 1. The van der Waals surface area contributed by atoms with Gasteiger partial charge in [0.2, 0.25) is 0 Å². The highest BCUT2D eigenvalue weighted by atomic mass is 127. The van der Waals surface area contributed by atoms with Crippen LogP contribution in [0.2, 0.25) is 0 Å². The van der Waals surface area contributed by atoms with E-state index in [1.807, 2.05) is 23.8 Å². The summed E-state index contributed by atoms with van der Waals surface area (Å²) >= 11 is 0. The number of pyridine rings is 1. The number of halogens is 1. The molecule has 0 aliphatic heterocycles. The minimum Gasteiger partial charge on any atom is -1.00 e. The highest BCUT2D eigenvalue weighted by molar-refractivity contribution is 5.92. The van der Waals surface area contributed by atoms with E-state index in [1.54, 1.807) is 12.3 Å². The molecule has 0 aliphatic rings. The molecule has 0 saturated heterocycles. The van der Waals surface area contributed by atoms with Gasteiger partial charge in [0.05, 0.1) is 0 Å². The van der Waals surface area contributed by atoms with Crippen LogP contribution in [0.1, 0.15) is 17.3 Å². The molecule has 1 aromatic heterocycles. The normalized spacial score (nSPS) is 8.75. The number of amides is 1. The summed E-state index contributed by atoms with van der Waals surface area (Å²) in [6.45, 7) is 2.85. The van der Waals surface area contributed by atoms with Crippen LogP contribution in [0.15, 0.2) is 24.5 Å². The number of carbonyl (C=O) groups is 1. The van der Waals surface area contributed by atoms with Crippen molar-refractivity contribution in [2.45, 2.75) is 13.5 Å². The van der Waals surface area contributed by atoms with Crippen molar-refractivity contribution in [1.82, 2.24) is 0 Å². The van der Waals surface area contributed by atoms with Gasteiger partial charge in [0.25, 0.3) is 5.91 Å². The summed E-state index contributed by atoms with van der Waals surface area (Å²) in [6, 6.07) is 3.51. The van der Waals surface area contributed by atoms with Gasteiger partial charge in [-0.2, -0.15) is 0 Å². The van der Waals surface area contributed by atoms with Gasteiger partial charge in [-0.25, -0.2) is 4.57 Å². The minimum atomic E-state index is -0.382. The molecular formula is C8H11IN2O. The third kappa shape index (κ3) is 2.77. The molecule has 2 N–H and O–H groups in total. The third-order valence-electron chi connectivity index (χ3n) is 1.51. The van der Waals surface area contributed by atoms with Gasteiger partial charge in [0, 0.05) is 6.07 Å². The summed E-state index contributed by atoms with van der Waals surface area (Å²) < 4.78 is 1.90. The molecule has 0 bridgehead atoms. The summed E-state index contributed by atoms with van der Waals surface area (Å²) in [5, 5.41) is 0. The monoisotopic (exact) mass is 278 g/mol.